The van der Waals surface area contributed by atoms with Gasteiger partial charge in [0, 0.05) is 73.7 Å². The number of aromatic amines is 1. The first-order valence-electron chi connectivity index (χ1n) is 20.3. The SMILES string of the molecule is CC1(C)CCC(CN2CCN(c3ccc(C(=O)NS(=O)(=O)c4ccc(OCC5COCCN5)c([N+](=O)[O-])c4)c(Oc4cnc5[nH]ccc5c4)c3)CC2)=C(c2ccc(Cl)cc2)C1. The molecule has 320 valence electrons. The van der Waals surface area contributed by atoms with E-state index in [-0.39, 0.29) is 35.1 Å². The number of H-pyrrole nitrogens is 1. The molecule has 17 heteroatoms. The number of aromatic nitrogens is 2. The van der Waals surface area contributed by atoms with Crippen LogP contribution in [0.5, 0.6) is 17.2 Å². The number of benzene rings is 3. The van der Waals surface area contributed by atoms with Crippen LogP contribution in [0, 0.1) is 15.5 Å². The molecule has 2 aromatic heterocycles. The minimum absolute atomic E-state index is 0.0568. The van der Waals surface area contributed by atoms with Gasteiger partial charge in [-0.2, -0.15) is 0 Å². The molecule has 15 nitrogen and oxygen atoms in total. The third-order valence-electron chi connectivity index (χ3n) is 11.4. The lowest BCUT2D eigenvalue weighted by molar-refractivity contribution is -0.386. The van der Waals surface area contributed by atoms with E-state index < -0.39 is 31.4 Å². The normalized spacial score (nSPS) is 18.5. The highest BCUT2D eigenvalue weighted by molar-refractivity contribution is 7.90. The van der Waals surface area contributed by atoms with E-state index in [0.717, 1.165) is 67.1 Å². The van der Waals surface area contributed by atoms with Gasteiger partial charge < -0.3 is 29.4 Å². The fourth-order valence-electron chi connectivity index (χ4n) is 8.06. The van der Waals surface area contributed by atoms with E-state index in [0.29, 0.717) is 44.2 Å². The summed E-state index contributed by atoms with van der Waals surface area (Å²) in [6, 6.07) is 19.8. The van der Waals surface area contributed by atoms with E-state index in [1.54, 1.807) is 24.4 Å². The topological polar surface area (TPSA) is 181 Å². The number of nitro groups is 1. The predicted octanol–water partition coefficient (Wildman–Crippen LogP) is 7.19. The lowest BCUT2D eigenvalue weighted by Crippen LogP contribution is -2.47. The summed E-state index contributed by atoms with van der Waals surface area (Å²) < 4.78 is 46.7. The van der Waals surface area contributed by atoms with Crippen LogP contribution in [-0.4, -0.2) is 99.2 Å². The Labute approximate surface area is 359 Å². The first kappa shape index (κ1) is 42.2. The van der Waals surface area contributed by atoms with Crippen LogP contribution in [0.15, 0.2) is 95.7 Å². The van der Waals surface area contributed by atoms with E-state index in [1.165, 1.54) is 35.0 Å². The van der Waals surface area contributed by atoms with Gasteiger partial charge in [-0.05, 0) is 84.3 Å². The molecular formula is C44H48ClN7O8S. The molecule has 1 atom stereocenters. The maximum absolute atomic E-state index is 13.9. The Hall–Kier alpha value is -5.52. The summed E-state index contributed by atoms with van der Waals surface area (Å²) in [5, 5.41) is 16.7. The summed E-state index contributed by atoms with van der Waals surface area (Å²) in [4.78, 5) is 36.8. The number of anilines is 1. The Morgan fingerprint density at radius 1 is 1.05 bits per heavy atom. The van der Waals surface area contributed by atoms with E-state index in [9.17, 15) is 23.3 Å². The van der Waals surface area contributed by atoms with E-state index in [2.05, 4.69) is 55.8 Å². The third kappa shape index (κ3) is 10.0. The molecule has 1 amide bonds. The minimum Gasteiger partial charge on any atom is -0.485 e. The molecule has 4 heterocycles. The number of piperazine rings is 1. The molecule has 0 spiro atoms. The van der Waals surface area contributed by atoms with Gasteiger partial charge in [-0.15, -0.1) is 0 Å². The molecule has 1 aliphatic carbocycles. The van der Waals surface area contributed by atoms with Crippen molar-refractivity contribution in [2.45, 2.75) is 44.0 Å². The van der Waals surface area contributed by atoms with E-state index in [1.807, 2.05) is 18.2 Å². The molecule has 3 aliphatic rings. The molecular weight excluding hydrogens is 822 g/mol. The number of halogens is 1. The van der Waals surface area contributed by atoms with Gasteiger partial charge in [-0.1, -0.05) is 43.2 Å². The molecule has 2 fully saturated rings. The first-order chi connectivity index (χ1) is 29.3. The van der Waals surface area contributed by atoms with Crippen LogP contribution >= 0.6 is 11.6 Å². The number of fused-ring (bicyclic) bond motifs is 1. The maximum Gasteiger partial charge on any atom is 0.312 e. The average molecular weight is 870 g/mol. The van der Waals surface area contributed by atoms with Gasteiger partial charge in [-0.3, -0.25) is 19.8 Å². The number of hydrogen-bond donors (Lipinski definition) is 3. The lowest BCUT2D eigenvalue weighted by Gasteiger charge is -2.39. The molecule has 0 saturated carbocycles. The van der Waals surface area contributed by atoms with Crippen molar-refractivity contribution in [1.82, 2.24) is 24.9 Å². The second kappa shape index (κ2) is 17.8. The number of ether oxygens (including phenoxy) is 3. The number of rotatable bonds is 13. The highest BCUT2D eigenvalue weighted by atomic mass is 35.5. The standard InChI is InChI=1S/C44H48ClN7O8S/c1-44(2)13-11-31(38(24-44)29-3-5-32(45)6-4-29)26-50-16-18-51(19-17-50)34-7-9-37(41(22-34)60-35-21-30-12-14-47-42(30)48-25-35)43(53)49-61(56,57)36-8-10-40(39(23-36)52(54)55)59-28-33-27-58-20-15-46-33/h3-10,12,14,21-23,25,33,46H,11,13,15-20,24,26-28H2,1-2H3,(H,47,48)(H,49,53). The van der Waals surface area contributed by atoms with Crippen molar-refractivity contribution in [2.75, 3.05) is 64.0 Å². The van der Waals surface area contributed by atoms with Crippen molar-refractivity contribution >= 4 is 55.5 Å². The average Bonchev–Trinajstić information content (AvgIpc) is 3.72. The molecule has 2 saturated heterocycles. The second-order valence-corrected chi connectivity index (χ2v) is 18.5. The summed E-state index contributed by atoms with van der Waals surface area (Å²) in [5.74, 6) is -0.635. The van der Waals surface area contributed by atoms with Crippen molar-refractivity contribution in [1.29, 1.82) is 0 Å². The summed E-state index contributed by atoms with van der Waals surface area (Å²) in [7, 11) is -4.60. The van der Waals surface area contributed by atoms with Gasteiger partial charge in [-0.25, -0.2) is 18.1 Å². The van der Waals surface area contributed by atoms with Crippen LogP contribution in [0.3, 0.4) is 0 Å². The maximum atomic E-state index is 13.9. The number of morpholine rings is 1. The minimum atomic E-state index is -4.60. The van der Waals surface area contributed by atoms with Crippen molar-refractivity contribution in [2.24, 2.45) is 5.41 Å². The summed E-state index contributed by atoms with van der Waals surface area (Å²) in [5.41, 5.74) is 5.15. The van der Waals surface area contributed by atoms with Crippen LogP contribution in [0.2, 0.25) is 5.02 Å². The predicted molar refractivity (Wildman–Crippen MR) is 233 cm³/mol. The number of hydrogen-bond acceptors (Lipinski definition) is 12. The van der Waals surface area contributed by atoms with Gasteiger partial charge in [0.2, 0.25) is 0 Å². The van der Waals surface area contributed by atoms with Crippen molar-refractivity contribution in [3.63, 3.8) is 0 Å². The van der Waals surface area contributed by atoms with Crippen LogP contribution in [0.1, 0.15) is 49.0 Å². The van der Waals surface area contributed by atoms with Gasteiger partial charge in [0.25, 0.3) is 15.9 Å². The highest BCUT2D eigenvalue weighted by Crippen LogP contribution is 2.43. The number of nitrogens with one attached hydrogen (secondary N) is 3. The molecule has 3 N–H and O–H groups in total. The lowest BCUT2D eigenvalue weighted by atomic mass is 9.72. The van der Waals surface area contributed by atoms with Crippen molar-refractivity contribution in [3.8, 4) is 17.2 Å². The molecule has 1 unspecified atom stereocenters. The monoisotopic (exact) mass is 869 g/mol. The Morgan fingerprint density at radius 2 is 1.85 bits per heavy atom. The molecule has 0 bridgehead atoms. The fraction of sp³-hybridized carbons (Fsp3) is 0.364. The molecule has 0 radical (unpaired) electrons. The van der Waals surface area contributed by atoms with Gasteiger partial charge in [0.1, 0.15) is 23.8 Å². The zero-order chi connectivity index (χ0) is 42.7. The zero-order valence-corrected chi connectivity index (χ0v) is 35.6. The quantitative estimate of drug-likeness (QED) is 0.0802. The largest absolute Gasteiger partial charge is 0.485 e. The first-order valence-corrected chi connectivity index (χ1v) is 22.2. The second-order valence-electron chi connectivity index (χ2n) is 16.4. The van der Waals surface area contributed by atoms with E-state index >= 15 is 0 Å². The fourth-order valence-corrected chi connectivity index (χ4v) is 9.17. The Kier molecular flexibility index (Phi) is 12.3. The van der Waals surface area contributed by atoms with Crippen LogP contribution in [0.4, 0.5) is 11.4 Å². The summed E-state index contributed by atoms with van der Waals surface area (Å²) >= 11 is 6.24. The van der Waals surface area contributed by atoms with Crippen molar-refractivity contribution < 1.29 is 32.3 Å². The number of sulfonamides is 1. The molecule has 5 aromatic rings. The number of pyridine rings is 1. The summed E-state index contributed by atoms with van der Waals surface area (Å²) in [6.45, 7) is 10.2. The van der Waals surface area contributed by atoms with Gasteiger partial charge in [0.15, 0.2) is 5.75 Å². The third-order valence-corrected chi connectivity index (χ3v) is 13.0. The Bertz CT molecular complexity index is 2570. The molecule has 61 heavy (non-hydrogen) atoms. The van der Waals surface area contributed by atoms with E-state index in [4.69, 9.17) is 25.8 Å². The number of amides is 1. The molecule has 3 aromatic carbocycles. The molecule has 2 aliphatic heterocycles. The highest BCUT2D eigenvalue weighted by Gasteiger charge is 2.31. The Balaban J connectivity index is 1.00. The number of carbonyl (C=O) groups is 1. The van der Waals surface area contributed by atoms with Crippen molar-refractivity contribution in [3.05, 3.63) is 117 Å². The summed E-state index contributed by atoms with van der Waals surface area (Å²) in [6.07, 6.45) is 6.45. The van der Waals surface area contributed by atoms with Gasteiger partial charge >= 0.3 is 5.69 Å². The Morgan fingerprint density at radius 3 is 2.61 bits per heavy atom. The van der Waals surface area contributed by atoms with Gasteiger partial charge in [0.05, 0.1) is 40.8 Å². The number of nitrogens with zero attached hydrogens (tertiary/aromatic N) is 4. The van der Waals surface area contributed by atoms with Crippen LogP contribution < -0.4 is 24.4 Å². The number of carbonyl (C=O) groups excluding carboxylic acids is 1. The molecule has 8 rings (SSSR count). The zero-order valence-electron chi connectivity index (χ0n) is 34.0. The number of allylic oxidation sites excluding steroid dienone is 1. The van der Waals surface area contributed by atoms with Crippen LogP contribution in [0.25, 0.3) is 16.6 Å². The number of nitro benzene ring substituents is 1. The smallest absolute Gasteiger partial charge is 0.312 e. The van der Waals surface area contributed by atoms with Crippen LogP contribution in [-0.2, 0) is 14.8 Å².